The van der Waals surface area contributed by atoms with E-state index >= 15 is 0 Å². The molecule has 0 spiro atoms. The van der Waals surface area contributed by atoms with Gasteiger partial charge in [0, 0.05) is 38.5 Å². The summed E-state index contributed by atoms with van der Waals surface area (Å²) in [6, 6.07) is 44.2. The molecule has 1 aliphatic carbocycles. The summed E-state index contributed by atoms with van der Waals surface area (Å²) in [6.07, 6.45) is 3.81. The summed E-state index contributed by atoms with van der Waals surface area (Å²) < 4.78 is 8.46. The van der Waals surface area contributed by atoms with Gasteiger partial charge in [0.25, 0.3) is 0 Å². The number of para-hydroxylation sites is 1. The smallest absolute Gasteiger partial charge is 0.125 e. The van der Waals surface area contributed by atoms with Gasteiger partial charge in [0.05, 0.1) is 28.5 Å². The minimum Gasteiger partial charge on any atom is -0.507 e. The van der Waals surface area contributed by atoms with Gasteiger partial charge < -0.3 is 14.1 Å². The molecule has 0 unspecified atom stereocenters. The fourth-order valence-electron chi connectivity index (χ4n) is 6.60. The largest absolute Gasteiger partial charge is 0.507 e. The molecule has 0 aliphatic heterocycles. The van der Waals surface area contributed by atoms with E-state index in [4.69, 9.17) is 14.4 Å². The van der Waals surface area contributed by atoms with Gasteiger partial charge in [-0.05, 0) is 70.8 Å². The Labute approximate surface area is 280 Å². The van der Waals surface area contributed by atoms with Gasteiger partial charge in [-0.3, -0.25) is 4.98 Å². The Balaban J connectivity index is 0.00000312. The minimum absolute atomic E-state index is 0. The summed E-state index contributed by atoms with van der Waals surface area (Å²) in [5.41, 5.74) is 11.1. The number of imidazole rings is 1. The van der Waals surface area contributed by atoms with Crippen LogP contribution in [0.25, 0.3) is 72.8 Å². The van der Waals surface area contributed by atoms with Crippen molar-refractivity contribution in [3.05, 3.63) is 145 Å². The Bertz CT molecular complexity index is 2390. The van der Waals surface area contributed by atoms with Gasteiger partial charge in [-0.2, -0.15) is 0 Å². The van der Waals surface area contributed by atoms with E-state index in [-0.39, 0.29) is 26.8 Å². The molecular weight excluding hydrogens is 750 g/mol. The molecule has 3 heterocycles. The van der Waals surface area contributed by atoms with Gasteiger partial charge in [-0.15, -0.1) is 12.1 Å². The number of pyridine rings is 1. The van der Waals surface area contributed by atoms with Crippen molar-refractivity contribution in [2.75, 3.05) is 0 Å². The maximum atomic E-state index is 10.8. The van der Waals surface area contributed by atoms with Gasteiger partial charge in [0.1, 0.15) is 11.3 Å². The van der Waals surface area contributed by atoms with Gasteiger partial charge >= 0.3 is 0 Å². The van der Waals surface area contributed by atoms with Gasteiger partial charge in [0.2, 0.25) is 0 Å². The maximum Gasteiger partial charge on any atom is 0.125 e. The average molecular weight is 776 g/mol. The number of aromatic hydroxyl groups is 1. The summed E-state index contributed by atoms with van der Waals surface area (Å²) in [5, 5.41) is 12.8. The van der Waals surface area contributed by atoms with Crippen molar-refractivity contribution in [2.24, 2.45) is 0 Å². The Morgan fingerprint density at radius 1 is 0.696 bits per heavy atom. The first-order valence-electron chi connectivity index (χ1n) is 15.1. The summed E-state index contributed by atoms with van der Waals surface area (Å²) >= 11 is 0. The van der Waals surface area contributed by atoms with E-state index in [0.717, 1.165) is 96.8 Å². The minimum atomic E-state index is 0. The first-order chi connectivity index (χ1) is 22.2. The molecule has 5 aromatic carbocycles. The molecule has 3 aromatic heterocycles. The van der Waals surface area contributed by atoms with E-state index in [9.17, 15) is 5.11 Å². The molecule has 0 atom stereocenters. The zero-order valence-corrected chi connectivity index (χ0v) is 26.8. The van der Waals surface area contributed by atoms with Gasteiger partial charge in [-0.1, -0.05) is 95.9 Å². The van der Waals surface area contributed by atoms with Crippen molar-refractivity contribution in [1.82, 2.24) is 14.5 Å². The van der Waals surface area contributed by atoms with E-state index in [0.29, 0.717) is 0 Å². The summed E-state index contributed by atoms with van der Waals surface area (Å²) in [5.74, 6) is 1.01. The summed E-state index contributed by atoms with van der Waals surface area (Å²) in [4.78, 5) is 10.3. The van der Waals surface area contributed by atoms with Crippen molar-refractivity contribution in [1.29, 1.82) is 0 Å². The second-order valence-electron chi connectivity index (χ2n) is 11.4. The fourth-order valence-corrected chi connectivity index (χ4v) is 6.60. The fraction of sp³-hybridized carbons (Fsp3) is 0.0500. The molecular formula is C40H26N3O2Pt-. The monoisotopic (exact) mass is 775 g/mol. The molecule has 9 rings (SSSR count). The van der Waals surface area contributed by atoms with Crippen LogP contribution >= 0.6 is 0 Å². The predicted octanol–water partition coefficient (Wildman–Crippen LogP) is 9.44. The molecule has 8 aromatic rings. The van der Waals surface area contributed by atoms with Crippen LogP contribution in [-0.2, 0) is 33.9 Å². The molecule has 46 heavy (non-hydrogen) atoms. The molecule has 0 radical (unpaired) electrons. The average Bonchev–Trinajstić information content (AvgIpc) is 3.71. The van der Waals surface area contributed by atoms with E-state index in [2.05, 4.69) is 71.3 Å². The van der Waals surface area contributed by atoms with Gasteiger partial charge in [-0.25, -0.2) is 4.98 Å². The van der Waals surface area contributed by atoms with E-state index in [1.165, 1.54) is 0 Å². The van der Waals surface area contributed by atoms with Crippen molar-refractivity contribution in [3.8, 4) is 56.6 Å². The van der Waals surface area contributed by atoms with Crippen LogP contribution in [0.3, 0.4) is 0 Å². The normalized spacial score (nSPS) is 12.1. The van der Waals surface area contributed by atoms with Crippen molar-refractivity contribution >= 4 is 21.9 Å². The van der Waals surface area contributed by atoms with E-state index < -0.39 is 0 Å². The number of phenols is 1. The zero-order chi connectivity index (χ0) is 29.9. The van der Waals surface area contributed by atoms with Gasteiger partial charge in [0.15, 0.2) is 0 Å². The number of fused-ring (bicyclic) bond motifs is 6. The Morgan fingerprint density at radius 2 is 1.50 bits per heavy atom. The summed E-state index contributed by atoms with van der Waals surface area (Å²) in [6.45, 7) is 0. The first kappa shape index (κ1) is 28.2. The first-order valence-corrected chi connectivity index (χ1v) is 15.1. The SMILES string of the molecule is Oc1cccc2c1-c1nc(-c3cn(-c4ccccc4)c(-c4[c-]ccc5oc6ccc(-c7ccccc7)cc6c45)n3)ccc1CC2.[Pt]. The van der Waals surface area contributed by atoms with Crippen LogP contribution in [0, 0.1) is 6.07 Å². The second-order valence-corrected chi connectivity index (χ2v) is 11.4. The summed E-state index contributed by atoms with van der Waals surface area (Å²) in [7, 11) is 0. The third-order valence-electron chi connectivity index (χ3n) is 8.77. The molecule has 0 fully saturated rings. The third kappa shape index (κ3) is 4.58. The van der Waals surface area contributed by atoms with E-state index in [1.54, 1.807) is 6.07 Å². The van der Waals surface area contributed by atoms with Crippen molar-refractivity contribution in [2.45, 2.75) is 12.8 Å². The Hall–Kier alpha value is -5.25. The number of furan rings is 1. The van der Waals surface area contributed by atoms with Crippen LogP contribution in [0.4, 0.5) is 0 Å². The molecule has 6 heteroatoms. The molecule has 1 aliphatic rings. The standard InChI is InChI=1S/C40H26N3O2.Pt/c44-34-15-7-11-26-17-18-27-19-21-32(41-39(27)37(26)34)33-24-43(29-12-5-2-6-13-29)40(42-33)30-14-8-16-36-38(30)31-23-28(20-22-35(31)45-36)25-9-3-1-4-10-25;/h1-13,15-16,19-24,44H,17-18H2;/q-1;. The van der Waals surface area contributed by atoms with Crippen molar-refractivity contribution < 1.29 is 30.6 Å². The maximum absolute atomic E-state index is 10.8. The number of phenolic OH excluding ortho intramolecular Hbond substituents is 1. The molecule has 0 amide bonds. The topological polar surface area (TPSA) is 64.1 Å². The molecule has 0 bridgehead atoms. The number of aromatic nitrogens is 3. The number of nitrogens with zero attached hydrogens (tertiary/aromatic N) is 3. The molecule has 224 valence electrons. The van der Waals surface area contributed by atoms with Crippen LogP contribution in [0.2, 0.25) is 0 Å². The number of aryl methyl sites for hydroxylation is 2. The second kappa shape index (κ2) is 11.3. The van der Waals surface area contributed by atoms with Crippen LogP contribution in [0.1, 0.15) is 11.1 Å². The van der Waals surface area contributed by atoms with Crippen LogP contribution < -0.4 is 0 Å². The number of benzene rings is 5. The number of hydrogen-bond acceptors (Lipinski definition) is 4. The third-order valence-corrected chi connectivity index (χ3v) is 8.77. The van der Waals surface area contributed by atoms with Crippen molar-refractivity contribution in [3.63, 3.8) is 0 Å². The van der Waals surface area contributed by atoms with Crippen LogP contribution in [0.15, 0.2) is 132 Å². The zero-order valence-electron chi connectivity index (χ0n) is 24.6. The Kier molecular flexibility index (Phi) is 6.92. The Morgan fingerprint density at radius 3 is 2.35 bits per heavy atom. The molecule has 0 saturated carbocycles. The molecule has 5 nitrogen and oxygen atoms in total. The number of hydrogen-bond donors (Lipinski definition) is 1. The molecule has 0 saturated heterocycles. The molecule has 1 N–H and O–H groups in total. The predicted molar refractivity (Wildman–Crippen MR) is 178 cm³/mol. The van der Waals surface area contributed by atoms with Crippen LogP contribution in [-0.4, -0.2) is 19.6 Å². The van der Waals surface area contributed by atoms with E-state index in [1.807, 2.05) is 60.8 Å². The number of rotatable bonds is 4. The van der Waals surface area contributed by atoms with Crippen LogP contribution in [0.5, 0.6) is 5.75 Å². The quantitative estimate of drug-likeness (QED) is 0.181.